The maximum absolute atomic E-state index is 4.93. The number of thiophene rings is 1. The van der Waals surface area contributed by atoms with Crippen molar-refractivity contribution in [3.8, 4) is 33.1 Å². The van der Waals surface area contributed by atoms with Gasteiger partial charge in [0, 0.05) is 44.9 Å². The fourth-order valence-electron chi connectivity index (χ4n) is 3.92. The van der Waals surface area contributed by atoms with Gasteiger partial charge in [-0.2, -0.15) is 5.10 Å². The SMILES string of the molecule is Cc1ccc(-c2cncc3[nH]c(-c4n[nH]c5ccc(-c6cnccc6C)nc45)cc23)s1. The van der Waals surface area contributed by atoms with Crippen molar-refractivity contribution in [2.75, 3.05) is 0 Å². The van der Waals surface area contributed by atoms with Crippen LogP contribution in [0.2, 0.25) is 0 Å². The van der Waals surface area contributed by atoms with Crippen LogP contribution in [-0.2, 0) is 0 Å². The van der Waals surface area contributed by atoms with E-state index in [4.69, 9.17) is 4.98 Å². The molecule has 0 fully saturated rings. The van der Waals surface area contributed by atoms with Gasteiger partial charge in [-0.25, -0.2) is 4.98 Å². The Labute approximate surface area is 182 Å². The van der Waals surface area contributed by atoms with E-state index in [1.807, 2.05) is 36.8 Å². The van der Waals surface area contributed by atoms with Gasteiger partial charge in [-0.3, -0.25) is 15.1 Å². The van der Waals surface area contributed by atoms with Crippen molar-refractivity contribution in [1.29, 1.82) is 0 Å². The molecule has 0 bridgehead atoms. The number of hydrogen-bond donors (Lipinski definition) is 2. The molecule has 0 aliphatic carbocycles. The van der Waals surface area contributed by atoms with E-state index in [1.54, 1.807) is 17.5 Å². The molecule has 6 heterocycles. The monoisotopic (exact) mass is 422 g/mol. The minimum absolute atomic E-state index is 0.794. The van der Waals surface area contributed by atoms with Crippen LogP contribution in [0.4, 0.5) is 0 Å². The van der Waals surface area contributed by atoms with Gasteiger partial charge in [0.15, 0.2) is 0 Å². The molecule has 0 unspecified atom stereocenters. The number of nitrogens with zero attached hydrogens (tertiary/aromatic N) is 4. The summed E-state index contributed by atoms with van der Waals surface area (Å²) in [6.45, 7) is 4.19. The molecule has 31 heavy (non-hydrogen) atoms. The highest BCUT2D eigenvalue weighted by Gasteiger charge is 2.16. The molecule has 6 rings (SSSR count). The van der Waals surface area contributed by atoms with Crippen LogP contribution >= 0.6 is 11.3 Å². The summed E-state index contributed by atoms with van der Waals surface area (Å²) >= 11 is 1.77. The largest absolute Gasteiger partial charge is 0.352 e. The third kappa shape index (κ3) is 2.93. The molecule has 7 heteroatoms. The lowest BCUT2D eigenvalue weighted by atomic mass is 10.1. The quantitative estimate of drug-likeness (QED) is 0.371. The Morgan fingerprint density at radius 2 is 1.77 bits per heavy atom. The van der Waals surface area contributed by atoms with Gasteiger partial charge in [0.05, 0.1) is 28.6 Å². The lowest BCUT2D eigenvalue weighted by Crippen LogP contribution is -1.89. The van der Waals surface area contributed by atoms with E-state index in [-0.39, 0.29) is 0 Å². The first kappa shape index (κ1) is 18.0. The van der Waals surface area contributed by atoms with Crippen LogP contribution in [0.3, 0.4) is 0 Å². The van der Waals surface area contributed by atoms with Gasteiger partial charge in [0.2, 0.25) is 0 Å². The van der Waals surface area contributed by atoms with E-state index in [1.165, 1.54) is 9.75 Å². The third-order valence-corrected chi connectivity index (χ3v) is 6.56. The van der Waals surface area contributed by atoms with Crippen molar-refractivity contribution in [3.63, 3.8) is 0 Å². The molecule has 0 spiro atoms. The fourth-order valence-corrected chi connectivity index (χ4v) is 4.81. The highest BCUT2D eigenvalue weighted by atomic mass is 32.1. The Morgan fingerprint density at radius 1 is 0.871 bits per heavy atom. The van der Waals surface area contributed by atoms with Crippen LogP contribution in [0.1, 0.15) is 10.4 Å². The summed E-state index contributed by atoms with van der Waals surface area (Å²) in [6, 6.07) is 12.4. The Kier molecular flexibility index (Phi) is 3.97. The number of aryl methyl sites for hydroxylation is 2. The second-order valence-electron chi connectivity index (χ2n) is 7.60. The first-order valence-corrected chi connectivity index (χ1v) is 10.8. The summed E-state index contributed by atoms with van der Waals surface area (Å²) < 4.78 is 0. The van der Waals surface area contributed by atoms with E-state index in [0.717, 1.165) is 55.7 Å². The zero-order chi connectivity index (χ0) is 20.9. The molecule has 0 amide bonds. The zero-order valence-electron chi connectivity index (χ0n) is 17.0. The predicted molar refractivity (Wildman–Crippen MR) is 125 cm³/mol. The van der Waals surface area contributed by atoms with Crippen LogP contribution in [0.5, 0.6) is 0 Å². The van der Waals surface area contributed by atoms with Crippen LogP contribution in [0.15, 0.2) is 61.2 Å². The van der Waals surface area contributed by atoms with Crippen LogP contribution in [0.25, 0.3) is 55.0 Å². The highest BCUT2D eigenvalue weighted by Crippen LogP contribution is 2.36. The van der Waals surface area contributed by atoms with Crippen LogP contribution < -0.4 is 0 Å². The summed E-state index contributed by atoms with van der Waals surface area (Å²) in [5.41, 5.74) is 8.58. The maximum atomic E-state index is 4.93. The van der Waals surface area contributed by atoms with E-state index in [0.29, 0.717) is 0 Å². The second kappa shape index (κ2) is 6.85. The normalized spacial score (nSPS) is 11.5. The van der Waals surface area contributed by atoms with Crippen molar-refractivity contribution in [2.24, 2.45) is 0 Å². The summed E-state index contributed by atoms with van der Waals surface area (Å²) in [7, 11) is 0. The molecule has 150 valence electrons. The molecule has 0 saturated carbocycles. The van der Waals surface area contributed by atoms with E-state index in [9.17, 15) is 0 Å². The molecule has 6 aromatic heterocycles. The van der Waals surface area contributed by atoms with Gasteiger partial charge in [0.1, 0.15) is 11.2 Å². The zero-order valence-corrected chi connectivity index (χ0v) is 17.8. The number of aromatic amines is 2. The average Bonchev–Trinajstić information content (AvgIpc) is 3.50. The fraction of sp³-hybridized carbons (Fsp3) is 0.0833. The van der Waals surface area contributed by atoms with Gasteiger partial charge in [0.25, 0.3) is 0 Å². The first-order chi connectivity index (χ1) is 15.2. The number of pyridine rings is 3. The predicted octanol–water partition coefficient (Wildman–Crippen LogP) is 5.91. The number of hydrogen-bond acceptors (Lipinski definition) is 5. The Morgan fingerprint density at radius 3 is 2.61 bits per heavy atom. The maximum Gasteiger partial charge on any atom is 0.135 e. The number of fused-ring (bicyclic) bond motifs is 2. The molecule has 2 N–H and O–H groups in total. The van der Waals surface area contributed by atoms with Gasteiger partial charge >= 0.3 is 0 Å². The number of aromatic nitrogens is 6. The second-order valence-corrected chi connectivity index (χ2v) is 8.88. The smallest absolute Gasteiger partial charge is 0.135 e. The van der Waals surface area contributed by atoms with Gasteiger partial charge in [-0.1, -0.05) is 0 Å². The molecule has 0 atom stereocenters. The van der Waals surface area contributed by atoms with Gasteiger partial charge in [-0.05, 0) is 55.8 Å². The lowest BCUT2D eigenvalue weighted by Gasteiger charge is -2.04. The minimum Gasteiger partial charge on any atom is -0.352 e. The average molecular weight is 423 g/mol. The molecule has 0 radical (unpaired) electrons. The van der Waals surface area contributed by atoms with E-state index >= 15 is 0 Å². The van der Waals surface area contributed by atoms with Crippen molar-refractivity contribution in [2.45, 2.75) is 13.8 Å². The molecule has 0 aliphatic heterocycles. The first-order valence-electron chi connectivity index (χ1n) is 9.97. The third-order valence-electron chi connectivity index (χ3n) is 5.53. The Hall–Kier alpha value is -3.84. The molecule has 0 aliphatic rings. The number of H-pyrrole nitrogens is 2. The van der Waals surface area contributed by atoms with Gasteiger partial charge in [-0.15, -0.1) is 11.3 Å². The molecule has 6 nitrogen and oxygen atoms in total. The molecule has 0 saturated heterocycles. The minimum atomic E-state index is 0.794. The Balaban J connectivity index is 1.52. The van der Waals surface area contributed by atoms with Crippen LogP contribution in [-0.4, -0.2) is 30.1 Å². The Bertz CT molecular complexity index is 1570. The number of nitrogens with one attached hydrogen (secondary N) is 2. The standard InChI is InChI=1S/C24H18N6S/c1-13-7-8-25-10-16(13)18-4-5-19-23(28-18)24(30-29-19)20-9-15-17(11-26-12-21(15)27-20)22-6-3-14(2)31-22/h3-12,27H,1-2H3,(H,29,30). The van der Waals surface area contributed by atoms with Gasteiger partial charge < -0.3 is 4.98 Å². The van der Waals surface area contributed by atoms with E-state index < -0.39 is 0 Å². The van der Waals surface area contributed by atoms with Crippen molar-refractivity contribution >= 4 is 33.3 Å². The topological polar surface area (TPSA) is 83.1 Å². The van der Waals surface area contributed by atoms with Crippen molar-refractivity contribution in [1.82, 2.24) is 30.1 Å². The molecular weight excluding hydrogens is 404 g/mol. The molecular formula is C24H18N6S. The summed E-state index contributed by atoms with van der Waals surface area (Å²) in [6.07, 6.45) is 7.43. The summed E-state index contributed by atoms with van der Waals surface area (Å²) in [5, 5.41) is 8.81. The van der Waals surface area contributed by atoms with Crippen molar-refractivity contribution in [3.05, 3.63) is 71.6 Å². The molecule has 6 aromatic rings. The lowest BCUT2D eigenvalue weighted by molar-refractivity contribution is 1.12. The summed E-state index contributed by atoms with van der Waals surface area (Å²) in [5.74, 6) is 0. The van der Waals surface area contributed by atoms with E-state index in [2.05, 4.69) is 57.2 Å². The van der Waals surface area contributed by atoms with Crippen LogP contribution in [0, 0.1) is 13.8 Å². The highest BCUT2D eigenvalue weighted by molar-refractivity contribution is 7.15. The summed E-state index contributed by atoms with van der Waals surface area (Å²) in [4.78, 5) is 19.6. The van der Waals surface area contributed by atoms with Crippen molar-refractivity contribution < 1.29 is 0 Å². The molecule has 0 aromatic carbocycles. The number of rotatable bonds is 3.